The van der Waals surface area contributed by atoms with Gasteiger partial charge in [-0.05, 0) is 48.3 Å². The lowest BCUT2D eigenvalue weighted by atomic mass is 10.0. The van der Waals surface area contributed by atoms with Gasteiger partial charge in [0.15, 0.2) is 0 Å². The molecule has 0 saturated heterocycles. The van der Waals surface area contributed by atoms with Crippen molar-refractivity contribution in [3.05, 3.63) is 57.8 Å². The van der Waals surface area contributed by atoms with Gasteiger partial charge in [-0.2, -0.15) is 0 Å². The minimum atomic E-state index is 0.355. The minimum absolute atomic E-state index is 0.355. The summed E-state index contributed by atoms with van der Waals surface area (Å²) in [7, 11) is 0. The van der Waals surface area contributed by atoms with Crippen LogP contribution < -0.4 is 0 Å². The van der Waals surface area contributed by atoms with Crippen LogP contribution in [0.25, 0.3) is 0 Å². The summed E-state index contributed by atoms with van der Waals surface area (Å²) in [6, 6.07) is 12.8. The number of unbranched alkanes of at least 4 members (excludes halogenated alkanes) is 1. The maximum atomic E-state index is 12.0. The molecule has 0 aliphatic heterocycles. The van der Waals surface area contributed by atoms with E-state index in [1.807, 2.05) is 0 Å². The minimum Gasteiger partial charge on any atom is -0.299 e. The van der Waals surface area contributed by atoms with Crippen LogP contribution in [0, 0.1) is 0 Å². The molecular weight excluding hydrogens is 276 g/mol. The molecule has 0 radical (unpaired) electrons. The van der Waals surface area contributed by atoms with Gasteiger partial charge in [0, 0.05) is 17.7 Å². The molecule has 1 aromatic carbocycles. The smallest absolute Gasteiger partial charge is 0.137 e. The Kier molecular flexibility index (Phi) is 6.68. The van der Waals surface area contributed by atoms with Gasteiger partial charge in [0.25, 0.3) is 0 Å². The van der Waals surface area contributed by atoms with Crippen molar-refractivity contribution in [2.75, 3.05) is 0 Å². The zero-order valence-corrected chi connectivity index (χ0v) is 13.6. The Hall–Kier alpha value is -1.41. The number of Topliss-reactive ketones (excluding diaryl/α,β-unsaturated/α-hetero) is 1. The summed E-state index contributed by atoms with van der Waals surface area (Å²) in [5.41, 5.74) is 2.53. The normalized spacial score (nSPS) is 10.7. The highest BCUT2D eigenvalue weighted by Gasteiger charge is 2.05. The molecule has 1 heterocycles. The van der Waals surface area contributed by atoms with Crippen molar-refractivity contribution in [1.29, 1.82) is 0 Å². The van der Waals surface area contributed by atoms with E-state index in [-0.39, 0.29) is 0 Å². The number of aryl methyl sites for hydroxylation is 2. The number of hydrogen-bond acceptors (Lipinski definition) is 2. The molecule has 2 heteroatoms. The number of ketones is 1. The summed E-state index contributed by atoms with van der Waals surface area (Å²) >= 11 is 1.78. The molecule has 0 N–H and O–H groups in total. The maximum absolute atomic E-state index is 12.0. The second-order valence-corrected chi connectivity index (χ2v) is 6.60. The summed E-state index contributed by atoms with van der Waals surface area (Å²) in [6.45, 7) is 2.21. The zero-order chi connectivity index (χ0) is 14.9. The Balaban J connectivity index is 1.71. The van der Waals surface area contributed by atoms with E-state index < -0.39 is 0 Å². The molecule has 0 spiro atoms. The van der Waals surface area contributed by atoms with Crippen molar-refractivity contribution in [1.82, 2.24) is 0 Å². The molecule has 0 aliphatic rings. The number of hydrogen-bond donors (Lipinski definition) is 0. The Morgan fingerprint density at radius 1 is 1.00 bits per heavy atom. The van der Waals surface area contributed by atoms with Gasteiger partial charge in [0.2, 0.25) is 0 Å². The van der Waals surface area contributed by atoms with Crippen molar-refractivity contribution in [2.24, 2.45) is 0 Å². The van der Waals surface area contributed by atoms with E-state index in [9.17, 15) is 4.79 Å². The molecule has 0 bridgehead atoms. The van der Waals surface area contributed by atoms with Crippen LogP contribution in [0.4, 0.5) is 0 Å². The topological polar surface area (TPSA) is 17.1 Å². The van der Waals surface area contributed by atoms with Gasteiger partial charge >= 0.3 is 0 Å². The van der Waals surface area contributed by atoms with Crippen molar-refractivity contribution >= 4 is 17.1 Å². The second kappa shape index (κ2) is 8.78. The molecule has 0 unspecified atom stereocenters. The standard InChI is InChI=1S/C19H24OS/c1-2-3-6-16-10-12-17(13-11-16)15-18(20)7-4-8-19-9-5-14-21-19/h5,9-14H,2-4,6-8,15H2,1H3. The number of benzene rings is 1. The van der Waals surface area contributed by atoms with E-state index in [0.29, 0.717) is 18.6 Å². The molecule has 2 rings (SSSR count). The van der Waals surface area contributed by atoms with Gasteiger partial charge in [0.1, 0.15) is 5.78 Å². The third-order valence-electron chi connectivity index (χ3n) is 3.70. The van der Waals surface area contributed by atoms with Crippen molar-refractivity contribution in [3.63, 3.8) is 0 Å². The highest BCUT2D eigenvalue weighted by atomic mass is 32.1. The van der Waals surface area contributed by atoms with E-state index in [0.717, 1.165) is 24.8 Å². The van der Waals surface area contributed by atoms with E-state index in [1.165, 1.54) is 23.3 Å². The van der Waals surface area contributed by atoms with E-state index in [1.54, 1.807) is 11.3 Å². The Bertz CT molecular complexity index is 525. The lowest BCUT2D eigenvalue weighted by Gasteiger charge is -2.04. The summed E-state index contributed by atoms with van der Waals surface area (Å²) in [5, 5.41) is 2.09. The molecule has 21 heavy (non-hydrogen) atoms. The quantitative estimate of drug-likeness (QED) is 0.620. The van der Waals surface area contributed by atoms with Crippen molar-refractivity contribution in [2.45, 2.75) is 51.9 Å². The maximum Gasteiger partial charge on any atom is 0.137 e. The third kappa shape index (κ3) is 5.84. The van der Waals surface area contributed by atoms with Gasteiger partial charge in [-0.3, -0.25) is 4.79 Å². The van der Waals surface area contributed by atoms with Crippen LogP contribution in [-0.4, -0.2) is 5.78 Å². The van der Waals surface area contributed by atoms with Gasteiger partial charge in [-0.15, -0.1) is 11.3 Å². The van der Waals surface area contributed by atoms with Crippen LogP contribution in [0.15, 0.2) is 41.8 Å². The summed E-state index contributed by atoms with van der Waals surface area (Å²) in [5.74, 6) is 0.355. The SMILES string of the molecule is CCCCc1ccc(CC(=O)CCCc2cccs2)cc1. The molecule has 1 nitrogen and oxygen atoms in total. The van der Waals surface area contributed by atoms with Gasteiger partial charge < -0.3 is 0 Å². The number of carbonyl (C=O) groups excluding carboxylic acids is 1. The first-order valence-corrected chi connectivity index (χ1v) is 8.78. The first-order valence-electron chi connectivity index (χ1n) is 7.90. The van der Waals surface area contributed by atoms with E-state index in [4.69, 9.17) is 0 Å². The molecule has 1 aromatic heterocycles. The predicted molar refractivity (Wildman–Crippen MR) is 91.0 cm³/mol. The molecule has 0 atom stereocenters. The molecule has 0 fully saturated rings. The van der Waals surface area contributed by atoms with Gasteiger partial charge in [-0.25, -0.2) is 0 Å². The fourth-order valence-corrected chi connectivity index (χ4v) is 3.19. The van der Waals surface area contributed by atoms with E-state index in [2.05, 4.69) is 48.7 Å². The lowest BCUT2D eigenvalue weighted by Crippen LogP contribution is -2.03. The van der Waals surface area contributed by atoms with Crippen LogP contribution in [0.1, 0.15) is 48.6 Å². The number of thiophene rings is 1. The fraction of sp³-hybridized carbons (Fsp3) is 0.421. The van der Waals surface area contributed by atoms with E-state index >= 15 is 0 Å². The van der Waals surface area contributed by atoms with Crippen LogP contribution in [0.2, 0.25) is 0 Å². The van der Waals surface area contributed by atoms with Crippen LogP contribution in [0.3, 0.4) is 0 Å². The fourth-order valence-electron chi connectivity index (χ4n) is 2.44. The Labute approximate surface area is 132 Å². The Morgan fingerprint density at radius 3 is 2.43 bits per heavy atom. The van der Waals surface area contributed by atoms with Gasteiger partial charge in [-0.1, -0.05) is 43.7 Å². The Morgan fingerprint density at radius 2 is 1.76 bits per heavy atom. The first-order chi connectivity index (χ1) is 10.3. The van der Waals surface area contributed by atoms with Crippen molar-refractivity contribution in [3.8, 4) is 0 Å². The largest absolute Gasteiger partial charge is 0.299 e. The predicted octanol–water partition coefficient (Wildman–Crippen LogP) is 5.23. The van der Waals surface area contributed by atoms with Crippen molar-refractivity contribution < 1.29 is 4.79 Å². The molecule has 0 saturated carbocycles. The molecule has 112 valence electrons. The summed E-state index contributed by atoms with van der Waals surface area (Å²) in [4.78, 5) is 13.4. The zero-order valence-electron chi connectivity index (χ0n) is 12.8. The average Bonchev–Trinajstić information content (AvgIpc) is 3.00. The van der Waals surface area contributed by atoms with Crippen LogP contribution in [0.5, 0.6) is 0 Å². The monoisotopic (exact) mass is 300 g/mol. The van der Waals surface area contributed by atoms with Gasteiger partial charge in [0.05, 0.1) is 0 Å². The highest BCUT2D eigenvalue weighted by Crippen LogP contribution is 2.13. The number of carbonyl (C=O) groups is 1. The average molecular weight is 300 g/mol. The summed E-state index contributed by atoms with van der Waals surface area (Å²) in [6.07, 6.45) is 6.87. The molecule has 0 aliphatic carbocycles. The second-order valence-electron chi connectivity index (χ2n) is 5.57. The highest BCUT2D eigenvalue weighted by molar-refractivity contribution is 7.09. The summed E-state index contributed by atoms with van der Waals surface area (Å²) < 4.78 is 0. The third-order valence-corrected chi connectivity index (χ3v) is 4.64. The molecular formula is C19H24OS. The lowest BCUT2D eigenvalue weighted by molar-refractivity contribution is -0.118. The van der Waals surface area contributed by atoms with Crippen LogP contribution >= 0.6 is 11.3 Å². The molecule has 0 amide bonds. The number of rotatable bonds is 9. The molecule has 2 aromatic rings. The first kappa shape index (κ1) is 16.0. The van der Waals surface area contributed by atoms with Crippen LogP contribution in [-0.2, 0) is 24.1 Å².